The number of hydrogen-bond acceptors (Lipinski definition) is 7. The third-order valence-electron chi connectivity index (χ3n) is 2.52. The average molecular weight is 276 g/mol. The highest BCUT2D eigenvalue weighted by molar-refractivity contribution is 5.94. The molecule has 0 saturated heterocycles. The molecule has 0 bridgehead atoms. The number of carboxylic acids is 1. The summed E-state index contributed by atoms with van der Waals surface area (Å²) in [5.74, 6) is 1.22. The minimum Gasteiger partial charge on any atom is -0.480 e. The summed E-state index contributed by atoms with van der Waals surface area (Å²) in [5, 5.41) is 26.8. The van der Waals surface area contributed by atoms with E-state index in [-0.39, 0.29) is 29.8 Å². The van der Waals surface area contributed by atoms with E-state index < -0.39 is 10.9 Å². The van der Waals surface area contributed by atoms with E-state index >= 15 is 0 Å². The van der Waals surface area contributed by atoms with Crippen molar-refractivity contribution in [2.45, 2.75) is 0 Å². The van der Waals surface area contributed by atoms with Gasteiger partial charge in [-0.2, -0.15) is 0 Å². The molecule has 9 heteroatoms. The van der Waals surface area contributed by atoms with Crippen LogP contribution in [-0.2, 0) is 4.79 Å². The maximum atomic E-state index is 10.9. The Balaban J connectivity index is 2.56. The van der Waals surface area contributed by atoms with Gasteiger partial charge in [0.15, 0.2) is 5.52 Å². The van der Waals surface area contributed by atoms with Crippen LogP contribution in [0.4, 0.5) is 11.4 Å². The van der Waals surface area contributed by atoms with Crippen LogP contribution in [0.3, 0.4) is 0 Å². The number of terminal acetylenes is 1. The second-order valence-electron chi connectivity index (χ2n) is 3.78. The van der Waals surface area contributed by atoms with Crippen molar-refractivity contribution in [2.24, 2.45) is 0 Å². The fourth-order valence-electron chi connectivity index (χ4n) is 1.74. The standard InChI is InChI=1S/C11H8N4O5/c1-2-5-14(6-9(16)17)7-3-4-8(15(18)19)11-10(7)12-20-13-11/h1,3-4H,5-6H2,(H,16,17). The molecule has 0 saturated carbocycles. The number of hydrogen-bond donors (Lipinski definition) is 1. The van der Waals surface area contributed by atoms with Gasteiger partial charge < -0.3 is 10.0 Å². The van der Waals surface area contributed by atoms with Gasteiger partial charge in [-0.25, -0.2) is 4.63 Å². The minimum atomic E-state index is -1.09. The van der Waals surface area contributed by atoms with E-state index in [2.05, 4.69) is 20.9 Å². The molecule has 1 heterocycles. The molecule has 9 nitrogen and oxygen atoms in total. The molecule has 0 unspecified atom stereocenters. The zero-order chi connectivity index (χ0) is 14.7. The number of nitro benzene ring substituents is 1. The van der Waals surface area contributed by atoms with Gasteiger partial charge in [0, 0.05) is 6.07 Å². The molecule has 0 amide bonds. The van der Waals surface area contributed by atoms with Crippen molar-refractivity contribution >= 4 is 28.4 Å². The van der Waals surface area contributed by atoms with Gasteiger partial charge in [-0.05, 0) is 16.4 Å². The molecular weight excluding hydrogens is 268 g/mol. The second-order valence-corrected chi connectivity index (χ2v) is 3.78. The number of anilines is 1. The van der Waals surface area contributed by atoms with Gasteiger partial charge >= 0.3 is 11.7 Å². The van der Waals surface area contributed by atoms with Crippen molar-refractivity contribution in [2.75, 3.05) is 18.0 Å². The predicted molar refractivity (Wildman–Crippen MR) is 67.1 cm³/mol. The Morgan fingerprint density at radius 1 is 1.50 bits per heavy atom. The Labute approximate surface area is 111 Å². The minimum absolute atomic E-state index is 0.00602. The maximum absolute atomic E-state index is 10.9. The summed E-state index contributed by atoms with van der Waals surface area (Å²) in [4.78, 5) is 22.4. The number of carboxylic acid groups (broad SMARTS) is 1. The molecule has 0 aliphatic carbocycles. The Kier molecular flexibility index (Phi) is 3.47. The fraction of sp³-hybridized carbons (Fsp3) is 0.182. The van der Waals surface area contributed by atoms with Crippen molar-refractivity contribution in [3.63, 3.8) is 0 Å². The summed E-state index contributed by atoms with van der Waals surface area (Å²) in [7, 11) is 0. The zero-order valence-corrected chi connectivity index (χ0v) is 10.0. The van der Waals surface area contributed by atoms with Crippen molar-refractivity contribution in [1.29, 1.82) is 0 Å². The van der Waals surface area contributed by atoms with Crippen LogP contribution < -0.4 is 4.90 Å². The number of aromatic nitrogens is 2. The number of fused-ring (bicyclic) bond motifs is 1. The van der Waals surface area contributed by atoms with Crippen LogP contribution in [-0.4, -0.2) is 39.4 Å². The number of non-ortho nitro benzene ring substituents is 1. The summed E-state index contributed by atoms with van der Waals surface area (Å²) >= 11 is 0. The molecule has 2 aromatic rings. The second kappa shape index (κ2) is 5.23. The van der Waals surface area contributed by atoms with Crippen LogP contribution in [0, 0.1) is 22.5 Å². The summed E-state index contributed by atoms with van der Waals surface area (Å²) in [6.45, 7) is -0.365. The van der Waals surface area contributed by atoms with Crippen molar-refractivity contribution < 1.29 is 19.5 Å². The fourth-order valence-corrected chi connectivity index (χ4v) is 1.74. The lowest BCUT2D eigenvalue weighted by molar-refractivity contribution is -0.383. The monoisotopic (exact) mass is 276 g/mol. The Morgan fingerprint density at radius 3 is 2.80 bits per heavy atom. The highest BCUT2D eigenvalue weighted by Gasteiger charge is 2.23. The SMILES string of the molecule is C#CCN(CC(=O)O)c1ccc([N+](=O)[O-])c2nonc12. The predicted octanol–water partition coefficient (Wildman–Crippen LogP) is 0.655. The van der Waals surface area contributed by atoms with Crippen LogP contribution in [0.15, 0.2) is 16.8 Å². The van der Waals surface area contributed by atoms with Gasteiger partial charge in [-0.3, -0.25) is 14.9 Å². The van der Waals surface area contributed by atoms with E-state index in [1.807, 2.05) is 0 Å². The van der Waals surface area contributed by atoms with Gasteiger partial charge in [0.1, 0.15) is 6.54 Å². The van der Waals surface area contributed by atoms with Crippen LogP contribution in [0.1, 0.15) is 0 Å². The first-order chi connectivity index (χ1) is 9.54. The normalized spacial score (nSPS) is 10.2. The molecule has 1 aromatic heterocycles. The Hall–Kier alpha value is -3.15. The molecule has 0 spiro atoms. The summed E-state index contributed by atoms with van der Waals surface area (Å²) < 4.78 is 4.50. The number of rotatable bonds is 5. The first-order valence-electron chi connectivity index (χ1n) is 5.34. The molecule has 0 atom stereocenters. The maximum Gasteiger partial charge on any atom is 0.323 e. The molecule has 102 valence electrons. The topological polar surface area (TPSA) is 123 Å². The highest BCUT2D eigenvalue weighted by atomic mass is 16.6. The van der Waals surface area contributed by atoms with E-state index in [4.69, 9.17) is 11.5 Å². The molecule has 0 fully saturated rings. The Bertz CT molecular complexity index is 717. The summed E-state index contributed by atoms with van der Waals surface area (Å²) in [5.41, 5.74) is 0.0730. The summed E-state index contributed by atoms with van der Waals surface area (Å²) in [6.07, 6.45) is 5.19. The van der Waals surface area contributed by atoms with Gasteiger partial charge in [0.2, 0.25) is 5.52 Å². The van der Waals surface area contributed by atoms with Gasteiger partial charge in [0.25, 0.3) is 0 Å². The number of nitro groups is 1. The molecule has 0 radical (unpaired) electrons. The smallest absolute Gasteiger partial charge is 0.323 e. The van der Waals surface area contributed by atoms with E-state index in [1.54, 1.807) is 0 Å². The lowest BCUT2D eigenvalue weighted by Crippen LogP contribution is -2.30. The van der Waals surface area contributed by atoms with E-state index in [0.717, 1.165) is 0 Å². The van der Waals surface area contributed by atoms with E-state index in [1.165, 1.54) is 17.0 Å². The largest absolute Gasteiger partial charge is 0.480 e. The third-order valence-corrected chi connectivity index (χ3v) is 2.52. The van der Waals surface area contributed by atoms with E-state index in [9.17, 15) is 14.9 Å². The quantitative estimate of drug-likeness (QED) is 0.479. The van der Waals surface area contributed by atoms with Crippen LogP contribution in [0.5, 0.6) is 0 Å². The number of aliphatic carboxylic acids is 1. The lowest BCUT2D eigenvalue weighted by atomic mass is 10.2. The van der Waals surface area contributed by atoms with Gasteiger partial charge in [-0.1, -0.05) is 5.92 Å². The van der Waals surface area contributed by atoms with Gasteiger partial charge in [0.05, 0.1) is 17.2 Å². The van der Waals surface area contributed by atoms with Crippen molar-refractivity contribution in [3.8, 4) is 12.3 Å². The lowest BCUT2D eigenvalue weighted by Gasteiger charge is -2.19. The van der Waals surface area contributed by atoms with E-state index in [0.29, 0.717) is 5.69 Å². The number of nitrogens with zero attached hydrogens (tertiary/aromatic N) is 4. The first-order valence-corrected chi connectivity index (χ1v) is 5.34. The number of carbonyl (C=O) groups is 1. The molecule has 0 aliphatic rings. The molecule has 20 heavy (non-hydrogen) atoms. The average Bonchev–Trinajstić information content (AvgIpc) is 2.85. The molecule has 2 rings (SSSR count). The molecule has 0 aliphatic heterocycles. The zero-order valence-electron chi connectivity index (χ0n) is 10.0. The first kappa shape index (κ1) is 13.3. The molecular formula is C11H8N4O5. The molecule has 1 aromatic carbocycles. The number of benzene rings is 1. The van der Waals surface area contributed by atoms with Gasteiger partial charge in [-0.15, -0.1) is 6.42 Å². The molecule has 1 N–H and O–H groups in total. The highest BCUT2D eigenvalue weighted by Crippen LogP contribution is 2.30. The van der Waals surface area contributed by atoms with Crippen molar-refractivity contribution in [3.05, 3.63) is 22.2 Å². The van der Waals surface area contributed by atoms with Crippen LogP contribution in [0.25, 0.3) is 11.0 Å². The third kappa shape index (κ3) is 2.35. The van der Waals surface area contributed by atoms with Crippen LogP contribution in [0.2, 0.25) is 0 Å². The summed E-state index contributed by atoms with van der Waals surface area (Å²) in [6, 6.07) is 2.57. The Morgan fingerprint density at radius 2 is 2.20 bits per heavy atom. The van der Waals surface area contributed by atoms with Crippen LogP contribution >= 0.6 is 0 Å². The van der Waals surface area contributed by atoms with Crippen molar-refractivity contribution in [1.82, 2.24) is 10.3 Å².